The molecule has 1 aromatic carbocycles. The SMILES string of the molecule is CCC(C)c1ccc(C2CCN(C(=O)[C@H]3C[C@]4(COC(=O)N4)C3)CC2)cc1. The molecule has 1 aromatic rings. The molecule has 27 heavy (non-hydrogen) atoms. The molecule has 2 aliphatic heterocycles. The van der Waals surface area contributed by atoms with E-state index < -0.39 is 0 Å². The zero-order chi connectivity index (χ0) is 19.0. The Kier molecular flexibility index (Phi) is 4.87. The minimum Gasteiger partial charge on any atom is -0.447 e. The number of likely N-dealkylation sites (tertiary alicyclic amines) is 1. The average Bonchev–Trinajstić information content (AvgIpc) is 3.08. The molecule has 1 spiro atoms. The summed E-state index contributed by atoms with van der Waals surface area (Å²) in [6.07, 6.45) is 4.32. The maximum absolute atomic E-state index is 12.8. The third-order valence-corrected chi connectivity index (χ3v) is 6.87. The maximum atomic E-state index is 12.8. The molecule has 0 aromatic heterocycles. The summed E-state index contributed by atoms with van der Waals surface area (Å²) in [6, 6.07) is 9.10. The van der Waals surface area contributed by atoms with Crippen LogP contribution in [0.2, 0.25) is 0 Å². The number of nitrogens with zero attached hydrogens (tertiary/aromatic N) is 1. The molecule has 5 nitrogen and oxygen atoms in total. The Morgan fingerprint density at radius 3 is 2.48 bits per heavy atom. The quantitative estimate of drug-likeness (QED) is 0.877. The number of nitrogens with one attached hydrogen (secondary N) is 1. The van der Waals surface area contributed by atoms with Crippen molar-refractivity contribution in [3.05, 3.63) is 35.4 Å². The summed E-state index contributed by atoms with van der Waals surface area (Å²) >= 11 is 0. The van der Waals surface area contributed by atoms with Crippen LogP contribution in [0, 0.1) is 5.92 Å². The molecular weight excluding hydrogens is 340 g/mol. The van der Waals surface area contributed by atoms with E-state index >= 15 is 0 Å². The summed E-state index contributed by atoms with van der Waals surface area (Å²) in [5, 5.41) is 2.87. The number of cyclic esters (lactones) is 1. The van der Waals surface area contributed by atoms with Crippen LogP contribution in [0.3, 0.4) is 0 Å². The number of ether oxygens (including phenoxy) is 1. The van der Waals surface area contributed by atoms with Crippen LogP contribution in [-0.4, -0.2) is 42.1 Å². The Morgan fingerprint density at radius 2 is 1.93 bits per heavy atom. The lowest BCUT2D eigenvalue weighted by Crippen LogP contribution is -2.58. The van der Waals surface area contributed by atoms with Gasteiger partial charge in [-0.25, -0.2) is 4.79 Å². The molecule has 2 amide bonds. The van der Waals surface area contributed by atoms with E-state index in [9.17, 15) is 9.59 Å². The largest absolute Gasteiger partial charge is 0.447 e. The number of carbonyl (C=O) groups excluding carboxylic acids is 2. The van der Waals surface area contributed by atoms with Crippen molar-refractivity contribution < 1.29 is 14.3 Å². The second kappa shape index (κ2) is 7.17. The van der Waals surface area contributed by atoms with Crippen molar-refractivity contribution in [1.82, 2.24) is 10.2 Å². The molecule has 1 aliphatic carbocycles. The van der Waals surface area contributed by atoms with Crippen molar-refractivity contribution in [1.29, 1.82) is 0 Å². The molecule has 0 bridgehead atoms. The van der Waals surface area contributed by atoms with Gasteiger partial charge in [0.15, 0.2) is 0 Å². The molecule has 2 heterocycles. The van der Waals surface area contributed by atoms with Gasteiger partial charge in [-0.2, -0.15) is 0 Å². The summed E-state index contributed by atoms with van der Waals surface area (Å²) < 4.78 is 5.00. The fourth-order valence-electron chi connectivity index (χ4n) is 4.79. The summed E-state index contributed by atoms with van der Waals surface area (Å²) in [5.41, 5.74) is 2.55. The first-order chi connectivity index (χ1) is 13.0. The topological polar surface area (TPSA) is 58.6 Å². The number of hydrogen-bond acceptors (Lipinski definition) is 3. The summed E-state index contributed by atoms with van der Waals surface area (Å²) in [7, 11) is 0. The van der Waals surface area contributed by atoms with Crippen molar-refractivity contribution >= 4 is 12.0 Å². The Balaban J connectivity index is 1.28. The van der Waals surface area contributed by atoms with Crippen LogP contribution < -0.4 is 5.32 Å². The molecule has 3 aliphatic rings. The highest BCUT2D eigenvalue weighted by atomic mass is 16.6. The van der Waals surface area contributed by atoms with Gasteiger partial charge in [0.05, 0.1) is 5.54 Å². The van der Waals surface area contributed by atoms with Gasteiger partial charge in [0.25, 0.3) is 0 Å². The smallest absolute Gasteiger partial charge is 0.407 e. The van der Waals surface area contributed by atoms with Crippen molar-refractivity contribution in [3.63, 3.8) is 0 Å². The number of benzene rings is 1. The van der Waals surface area contributed by atoms with E-state index in [1.807, 2.05) is 4.90 Å². The second-order valence-corrected chi connectivity index (χ2v) is 8.66. The van der Waals surface area contributed by atoms with E-state index in [-0.39, 0.29) is 23.5 Å². The lowest BCUT2D eigenvalue weighted by molar-refractivity contribution is -0.142. The van der Waals surface area contributed by atoms with E-state index in [1.54, 1.807) is 0 Å². The minimum absolute atomic E-state index is 0.0402. The Hall–Kier alpha value is -2.04. The molecule has 5 heteroatoms. The van der Waals surface area contributed by atoms with Gasteiger partial charge in [-0.3, -0.25) is 4.79 Å². The lowest BCUT2D eigenvalue weighted by atomic mass is 9.68. The molecular formula is C22H30N2O3. The Morgan fingerprint density at radius 1 is 1.26 bits per heavy atom. The molecule has 1 atom stereocenters. The van der Waals surface area contributed by atoms with Crippen molar-refractivity contribution in [2.75, 3.05) is 19.7 Å². The van der Waals surface area contributed by atoms with Crippen LogP contribution in [0.25, 0.3) is 0 Å². The van der Waals surface area contributed by atoms with Crippen LogP contribution >= 0.6 is 0 Å². The van der Waals surface area contributed by atoms with Crippen LogP contribution in [0.5, 0.6) is 0 Å². The first-order valence-corrected chi connectivity index (χ1v) is 10.3. The third kappa shape index (κ3) is 3.56. The molecule has 2 saturated heterocycles. The fourth-order valence-corrected chi connectivity index (χ4v) is 4.79. The van der Waals surface area contributed by atoms with Gasteiger partial charge in [-0.05, 0) is 55.1 Å². The highest BCUT2D eigenvalue weighted by Crippen LogP contribution is 2.42. The molecule has 1 unspecified atom stereocenters. The predicted octanol–water partition coefficient (Wildman–Crippen LogP) is 3.79. The number of piperidine rings is 1. The summed E-state index contributed by atoms with van der Waals surface area (Å²) in [4.78, 5) is 26.0. The molecule has 1 N–H and O–H groups in total. The van der Waals surface area contributed by atoms with Crippen molar-refractivity contribution in [2.45, 2.75) is 63.3 Å². The van der Waals surface area contributed by atoms with Crippen LogP contribution in [0.15, 0.2) is 24.3 Å². The van der Waals surface area contributed by atoms with Gasteiger partial charge in [0, 0.05) is 19.0 Å². The highest BCUT2D eigenvalue weighted by molar-refractivity contribution is 5.81. The molecule has 1 saturated carbocycles. The van der Waals surface area contributed by atoms with Crippen LogP contribution in [0.1, 0.15) is 68.9 Å². The van der Waals surface area contributed by atoms with E-state index in [0.717, 1.165) is 32.4 Å². The third-order valence-electron chi connectivity index (χ3n) is 6.87. The summed E-state index contributed by atoms with van der Waals surface area (Å²) in [5.74, 6) is 1.46. The predicted molar refractivity (Wildman–Crippen MR) is 104 cm³/mol. The fraction of sp³-hybridized carbons (Fsp3) is 0.636. The van der Waals surface area contributed by atoms with E-state index in [0.29, 0.717) is 31.3 Å². The van der Waals surface area contributed by atoms with Crippen LogP contribution in [-0.2, 0) is 9.53 Å². The number of rotatable bonds is 4. The number of hydrogen-bond donors (Lipinski definition) is 1. The molecule has 0 radical (unpaired) electrons. The average molecular weight is 370 g/mol. The number of amides is 2. The zero-order valence-corrected chi connectivity index (χ0v) is 16.4. The monoisotopic (exact) mass is 370 g/mol. The van der Waals surface area contributed by atoms with Gasteiger partial charge in [-0.15, -0.1) is 0 Å². The normalized spacial score (nSPS) is 29.2. The molecule has 4 rings (SSSR count). The van der Waals surface area contributed by atoms with Crippen molar-refractivity contribution in [3.8, 4) is 0 Å². The maximum Gasteiger partial charge on any atom is 0.407 e. The minimum atomic E-state index is -0.346. The van der Waals surface area contributed by atoms with E-state index in [1.165, 1.54) is 11.1 Å². The standard InChI is InChI=1S/C22H30N2O3/c1-3-15(2)16-4-6-17(7-5-16)18-8-10-24(11-9-18)20(25)19-12-22(13-19)14-27-21(26)23-22/h4-7,15,18-19H,3,8-14H2,1-2H3,(H,23,26)/t15?,19-,22+. The highest BCUT2D eigenvalue weighted by Gasteiger charge is 2.53. The van der Waals surface area contributed by atoms with Gasteiger partial charge in [0.2, 0.25) is 5.91 Å². The first-order valence-electron chi connectivity index (χ1n) is 10.3. The van der Waals surface area contributed by atoms with Gasteiger partial charge in [0.1, 0.15) is 6.61 Å². The summed E-state index contributed by atoms with van der Waals surface area (Å²) in [6.45, 7) is 6.58. The van der Waals surface area contributed by atoms with Gasteiger partial charge < -0.3 is 15.0 Å². The molecule has 146 valence electrons. The van der Waals surface area contributed by atoms with Crippen molar-refractivity contribution in [2.24, 2.45) is 5.92 Å². The molecule has 3 fully saturated rings. The van der Waals surface area contributed by atoms with E-state index in [4.69, 9.17) is 4.74 Å². The first kappa shape index (κ1) is 18.3. The van der Waals surface area contributed by atoms with Gasteiger partial charge in [-0.1, -0.05) is 38.1 Å². The Bertz CT molecular complexity index is 701. The number of carbonyl (C=O) groups is 2. The van der Waals surface area contributed by atoms with Crippen LogP contribution in [0.4, 0.5) is 4.79 Å². The second-order valence-electron chi connectivity index (χ2n) is 8.66. The van der Waals surface area contributed by atoms with E-state index in [2.05, 4.69) is 43.4 Å². The van der Waals surface area contributed by atoms with Gasteiger partial charge >= 0.3 is 6.09 Å². The zero-order valence-electron chi connectivity index (χ0n) is 16.4. The Labute approximate surface area is 161 Å². The lowest BCUT2D eigenvalue weighted by Gasteiger charge is -2.45. The number of alkyl carbamates (subject to hydrolysis) is 1.